The Bertz CT molecular complexity index is 184. The van der Waals surface area contributed by atoms with Crippen LogP contribution in [0.2, 0.25) is 0 Å². The monoisotopic (exact) mass is 173 g/mol. The van der Waals surface area contributed by atoms with Crippen molar-refractivity contribution in [1.82, 2.24) is 0 Å². The summed E-state index contributed by atoms with van der Waals surface area (Å²) >= 11 is 0. The van der Waals surface area contributed by atoms with E-state index in [-0.39, 0.29) is 13.2 Å². The maximum absolute atomic E-state index is 10.6. The largest absolute Gasteiger partial charge is 0.455 e. The second-order valence-electron chi connectivity index (χ2n) is 2.16. The van der Waals surface area contributed by atoms with Crippen molar-refractivity contribution in [1.29, 1.82) is 0 Å². The van der Waals surface area contributed by atoms with Gasteiger partial charge in [0.15, 0.2) is 6.29 Å². The number of ether oxygens (including phenoxy) is 1. The lowest BCUT2D eigenvalue weighted by Crippen LogP contribution is -2.12. The SMILES string of the molecule is CC(C)=NOCC(=O)OCC=O. The Balaban J connectivity index is 3.44. The number of hydrogen-bond acceptors (Lipinski definition) is 5. The van der Waals surface area contributed by atoms with E-state index in [1.165, 1.54) is 0 Å². The van der Waals surface area contributed by atoms with Crippen LogP contribution in [-0.2, 0) is 19.2 Å². The molecule has 0 amide bonds. The van der Waals surface area contributed by atoms with E-state index in [1.54, 1.807) is 13.8 Å². The van der Waals surface area contributed by atoms with Gasteiger partial charge < -0.3 is 9.57 Å². The molecule has 0 aliphatic rings. The van der Waals surface area contributed by atoms with Gasteiger partial charge in [-0.15, -0.1) is 0 Å². The molecule has 0 saturated heterocycles. The molecular formula is C7H11NO4. The summed E-state index contributed by atoms with van der Waals surface area (Å²) in [4.78, 5) is 24.9. The maximum Gasteiger partial charge on any atom is 0.347 e. The summed E-state index contributed by atoms with van der Waals surface area (Å²) in [6.07, 6.45) is 0.492. The van der Waals surface area contributed by atoms with Gasteiger partial charge in [-0.05, 0) is 13.8 Å². The number of carbonyl (C=O) groups excluding carboxylic acids is 2. The standard InChI is InChI=1S/C7H11NO4/c1-6(2)8-12-5-7(10)11-4-3-9/h3H,4-5H2,1-2H3. The molecule has 0 N–H and O–H groups in total. The minimum Gasteiger partial charge on any atom is -0.455 e. The van der Waals surface area contributed by atoms with Crippen LogP contribution in [0.15, 0.2) is 5.16 Å². The summed E-state index contributed by atoms with van der Waals surface area (Å²) in [5.74, 6) is -0.605. The van der Waals surface area contributed by atoms with Gasteiger partial charge in [0.05, 0.1) is 5.71 Å². The highest BCUT2D eigenvalue weighted by Crippen LogP contribution is 1.83. The first-order chi connectivity index (χ1) is 5.66. The second-order valence-corrected chi connectivity index (χ2v) is 2.16. The normalized spacial score (nSPS) is 8.50. The minimum atomic E-state index is -0.605. The van der Waals surface area contributed by atoms with Crippen molar-refractivity contribution >= 4 is 18.0 Å². The number of carbonyl (C=O) groups is 2. The van der Waals surface area contributed by atoms with E-state index in [2.05, 4.69) is 14.7 Å². The average molecular weight is 173 g/mol. The van der Waals surface area contributed by atoms with Crippen molar-refractivity contribution in [2.75, 3.05) is 13.2 Å². The van der Waals surface area contributed by atoms with Crippen LogP contribution in [0, 0.1) is 0 Å². The molecule has 0 aromatic heterocycles. The lowest BCUT2D eigenvalue weighted by Gasteiger charge is -1.98. The third kappa shape index (κ3) is 6.73. The van der Waals surface area contributed by atoms with Gasteiger partial charge in [-0.3, -0.25) is 4.79 Å². The minimum absolute atomic E-state index is 0.239. The molecular weight excluding hydrogens is 162 g/mol. The van der Waals surface area contributed by atoms with Gasteiger partial charge in [-0.1, -0.05) is 5.16 Å². The van der Waals surface area contributed by atoms with Crippen LogP contribution in [0.1, 0.15) is 13.8 Å². The summed E-state index contributed by atoms with van der Waals surface area (Å²) < 4.78 is 4.37. The Morgan fingerprint density at radius 2 is 2.17 bits per heavy atom. The van der Waals surface area contributed by atoms with Crippen LogP contribution < -0.4 is 0 Å². The topological polar surface area (TPSA) is 65.0 Å². The molecule has 0 spiro atoms. The molecule has 0 aliphatic heterocycles. The van der Waals surface area contributed by atoms with Crippen LogP contribution in [-0.4, -0.2) is 31.2 Å². The first-order valence-corrected chi connectivity index (χ1v) is 3.39. The Morgan fingerprint density at radius 3 is 2.67 bits per heavy atom. The van der Waals surface area contributed by atoms with Gasteiger partial charge in [0, 0.05) is 0 Å². The van der Waals surface area contributed by atoms with E-state index in [0.29, 0.717) is 12.0 Å². The molecule has 0 aromatic carbocycles. The van der Waals surface area contributed by atoms with Crippen molar-refractivity contribution in [3.8, 4) is 0 Å². The van der Waals surface area contributed by atoms with E-state index in [1.807, 2.05) is 0 Å². The van der Waals surface area contributed by atoms with Crippen molar-refractivity contribution in [3.05, 3.63) is 0 Å². The Hall–Kier alpha value is -1.39. The van der Waals surface area contributed by atoms with Crippen molar-refractivity contribution in [2.45, 2.75) is 13.8 Å². The molecule has 0 radical (unpaired) electrons. The van der Waals surface area contributed by atoms with Gasteiger partial charge in [-0.2, -0.15) is 0 Å². The summed E-state index contributed by atoms with van der Waals surface area (Å²) in [5, 5.41) is 3.50. The first kappa shape index (κ1) is 10.6. The van der Waals surface area contributed by atoms with Crippen molar-refractivity contribution in [3.63, 3.8) is 0 Å². The molecule has 12 heavy (non-hydrogen) atoms. The first-order valence-electron chi connectivity index (χ1n) is 3.39. The zero-order valence-electron chi connectivity index (χ0n) is 7.07. The summed E-state index contributed by atoms with van der Waals surface area (Å²) in [6.45, 7) is 2.96. The number of rotatable bonds is 5. The van der Waals surface area contributed by atoms with E-state index in [0.717, 1.165) is 0 Å². The van der Waals surface area contributed by atoms with Crippen molar-refractivity contribution < 1.29 is 19.2 Å². The lowest BCUT2D eigenvalue weighted by atomic mass is 10.5. The molecule has 0 aliphatic carbocycles. The van der Waals surface area contributed by atoms with Crippen molar-refractivity contribution in [2.24, 2.45) is 5.16 Å². The highest BCUT2D eigenvalue weighted by Gasteiger charge is 2.01. The fraction of sp³-hybridized carbons (Fsp3) is 0.571. The van der Waals surface area contributed by atoms with E-state index in [9.17, 15) is 9.59 Å². The maximum atomic E-state index is 10.6. The van der Waals surface area contributed by atoms with E-state index in [4.69, 9.17) is 0 Å². The molecule has 5 nitrogen and oxygen atoms in total. The molecule has 0 aromatic rings. The predicted octanol–water partition coefficient (Wildman–Crippen LogP) is 0.141. The molecule has 0 bridgehead atoms. The Labute approximate surface area is 70.3 Å². The molecule has 0 atom stereocenters. The summed E-state index contributed by atoms with van der Waals surface area (Å²) in [5.41, 5.74) is 0.707. The van der Waals surface area contributed by atoms with E-state index < -0.39 is 5.97 Å². The molecule has 68 valence electrons. The highest BCUT2D eigenvalue weighted by molar-refractivity contribution is 5.78. The zero-order valence-corrected chi connectivity index (χ0v) is 7.07. The molecule has 0 saturated carbocycles. The number of esters is 1. The Kier molecular flexibility index (Phi) is 5.60. The quantitative estimate of drug-likeness (QED) is 0.257. The molecule has 0 unspecified atom stereocenters. The number of aldehydes is 1. The third-order valence-corrected chi connectivity index (χ3v) is 0.742. The third-order valence-electron chi connectivity index (χ3n) is 0.742. The molecule has 0 rings (SSSR count). The molecule has 0 heterocycles. The average Bonchev–Trinajstić information content (AvgIpc) is 2.00. The number of oxime groups is 1. The van der Waals surface area contributed by atoms with Gasteiger partial charge in [0.1, 0.15) is 6.61 Å². The van der Waals surface area contributed by atoms with Gasteiger partial charge in [0.2, 0.25) is 6.61 Å². The summed E-state index contributed by atoms with van der Waals surface area (Å²) in [6, 6.07) is 0. The summed E-state index contributed by atoms with van der Waals surface area (Å²) in [7, 11) is 0. The number of nitrogens with zero attached hydrogens (tertiary/aromatic N) is 1. The van der Waals surface area contributed by atoms with Gasteiger partial charge in [0.25, 0.3) is 0 Å². The second kappa shape index (κ2) is 6.33. The van der Waals surface area contributed by atoms with E-state index >= 15 is 0 Å². The predicted molar refractivity (Wildman–Crippen MR) is 41.8 cm³/mol. The van der Waals surface area contributed by atoms with Gasteiger partial charge >= 0.3 is 5.97 Å². The Morgan fingerprint density at radius 1 is 1.50 bits per heavy atom. The fourth-order valence-electron chi connectivity index (χ4n) is 0.383. The van der Waals surface area contributed by atoms with Crippen LogP contribution in [0.3, 0.4) is 0 Å². The highest BCUT2D eigenvalue weighted by atomic mass is 16.7. The lowest BCUT2D eigenvalue weighted by molar-refractivity contribution is -0.150. The van der Waals surface area contributed by atoms with Crippen LogP contribution in [0.25, 0.3) is 0 Å². The zero-order chi connectivity index (χ0) is 9.40. The smallest absolute Gasteiger partial charge is 0.347 e. The van der Waals surface area contributed by atoms with Crippen LogP contribution in [0.4, 0.5) is 0 Å². The van der Waals surface area contributed by atoms with Gasteiger partial charge in [-0.25, -0.2) is 4.79 Å². The number of hydrogen-bond donors (Lipinski definition) is 0. The molecule has 5 heteroatoms. The molecule has 0 fully saturated rings. The van der Waals surface area contributed by atoms with Crippen LogP contribution in [0.5, 0.6) is 0 Å². The fourth-order valence-corrected chi connectivity index (χ4v) is 0.383. The van der Waals surface area contributed by atoms with Crippen LogP contribution >= 0.6 is 0 Å².